The molecule has 0 radical (unpaired) electrons. The lowest BCUT2D eigenvalue weighted by atomic mass is 9.99. The van der Waals surface area contributed by atoms with Crippen LogP contribution in [0.1, 0.15) is 23.6 Å². The predicted octanol–water partition coefficient (Wildman–Crippen LogP) is 2.67. The van der Waals surface area contributed by atoms with Crippen molar-refractivity contribution in [3.05, 3.63) is 35.4 Å². The van der Waals surface area contributed by atoms with E-state index in [0.29, 0.717) is 6.54 Å². The van der Waals surface area contributed by atoms with Gasteiger partial charge in [-0.05, 0) is 31.2 Å². The van der Waals surface area contributed by atoms with Crippen LogP contribution in [0.2, 0.25) is 0 Å². The summed E-state index contributed by atoms with van der Waals surface area (Å²) in [6.07, 6.45) is -3.14. The molecule has 1 atom stereocenters. The third-order valence-electron chi connectivity index (χ3n) is 3.33. The van der Waals surface area contributed by atoms with Crippen LogP contribution >= 0.6 is 0 Å². The number of nitrogens with zero attached hydrogens (tertiary/aromatic N) is 1. The Bertz CT molecular complexity index is 399. The number of likely N-dealkylation sites (tertiary alicyclic amines) is 1. The molecular weight excluding hydrogens is 241 g/mol. The fourth-order valence-corrected chi connectivity index (χ4v) is 2.23. The zero-order chi connectivity index (χ0) is 13.2. The van der Waals surface area contributed by atoms with Crippen molar-refractivity contribution in [1.29, 1.82) is 0 Å². The first kappa shape index (κ1) is 13.4. The van der Waals surface area contributed by atoms with Gasteiger partial charge >= 0.3 is 6.18 Å². The van der Waals surface area contributed by atoms with Crippen LogP contribution in [0.15, 0.2) is 24.3 Å². The van der Waals surface area contributed by atoms with Crippen molar-refractivity contribution in [1.82, 2.24) is 10.2 Å². The SMILES string of the molecule is CNCC(c1cccc(C(F)(F)F)c1)N1CCC1. The van der Waals surface area contributed by atoms with Crippen molar-refractivity contribution < 1.29 is 13.2 Å². The second-order valence-electron chi connectivity index (χ2n) is 4.59. The predicted molar refractivity (Wildman–Crippen MR) is 64.3 cm³/mol. The number of rotatable bonds is 4. The van der Waals surface area contributed by atoms with E-state index in [1.807, 2.05) is 7.05 Å². The van der Waals surface area contributed by atoms with E-state index in [1.165, 1.54) is 12.1 Å². The van der Waals surface area contributed by atoms with Crippen LogP contribution in [-0.2, 0) is 6.18 Å². The van der Waals surface area contributed by atoms with Crippen molar-refractivity contribution in [2.45, 2.75) is 18.6 Å². The van der Waals surface area contributed by atoms with E-state index in [-0.39, 0.29) is 6.04 Å². The molecule has 1 aliphatic heterocycles. The van der Waals surface area contributed by atoms with Crippen LogP contribution in [-0.4, -0.2) is 31.6 Å². The Kier molecular flexibility index (Phi) is 3.92. The molecule has 18 heavy (non-hydrogen) atoms. The van der Waals surface area contributed by atoms with Gasteiger partial charge in [-0.3, -0.25) is 4.90 Å². The van der Waals surface area contributed by atoms with Crippen LogP contribution in [0, 0.1) is 0 Å². The number of halogens is 3. The molecule has 0 saturated carbocycles. The molecule has 1 unspecified atom stereocenters. The molecule has 0 bridgehead atoms. The van der Waals surface area contributed by atoms with E-state index in [1.54, 1.807) is 6.07 Å². The van der Waals surface area contributed by atoms with Gasteiger partial charge in [0.25, 0.3) is 0 Å². The van der Waals surface area contributed by atoms with Crippen LogP contribution in [0.4, 0.5) is 13.2 Å². The van der Waals surface area contributed by atoms with Gasteiger partial charge in [-0.2, -0.15) is 13.2 Å². The Balaban J connectivity index is 2.24. The van der Waals surface area contributed by atoms with E-state index < -0.39 is 11.7 Å². The van der Waals surface area contributed by atoms with Gasteiger partial charge in [0.05, 0.1) is 5.56 Å². The number of benzene rings is 1. The lowest BCUT2D eigenvalue weighted by molar-refractivity contribution is -0.137. The summed E-state index contributed by atoms with van der Waals surface area (Å²) in [4.78, 5) is 2.20. The summed E-state index contributed by atoms with van der Waals surface area (Å²) in [6.45, 7) is 2.59. The Morgan fingerprint density at radius 3 is 2.56 bits per heavy atom. The highest BCUT2D eigenvalue weighted by atomic mass is 19.4. The van der Waals surface area contributed by atoms with Crippen molar-refractivity contribution in [2.75, 3.05) is 26.7 Å². The highest BCUT2D eigenvalue weighted by Gasteiger charge is 2.32. The van der Waals surface area contributed by atoms with Gasteiger partial charge in [0.2, 0.25) is 0 Å². The zero-order valence-electron chi connectivity index (χ0n) is 10.3. The smallest absolute Gasteiger partial charge is 0.318 e. The lowest BCUT2D eigenvalue weighted by Crippen LogP contribution is -2.43. The maximum Gasteiger partial charge on any atom is 0.416 e. The fourth-order valence-electron chi connectivity index (χ4n) is 2.23. The molecule has 1 aromatic carbocycles. The number of likely N-dealkylation sites (N-methyl/N-ethyl adjacent to an activating group) is 1. The summed E-state index contributed by atoms with van der Waals surface area (Å²) in [6, 6.07) is 5.68. The molecular formula is C13H17F3N2. The zero-order valence-corrected chi connectivity index (χ0v) is 10.3. The monoisotopic (exact) mass is 258 g/mol. The summed E-state index contributed by atoms with van der Waals surface area (Å²) >= 11 is 0. The Morgan fingerprint density at radius 2 is 2.06 bits per heavy atom. The molecule has 1 aliphatic rings. The van der Waals surface area contributed by atoms with Gasteiger partial charge in [0.1, 0.15) is 0 Å². The van der Waals surface area contributed by atoms with Crippen LogP contribution in [0.5, 0.6) is 0 Å². The molecule has 0 aliphatic carbocycles. The molecule has 0 spiro atoms. The van der Waals surface area contributed by atoms with E-state index in [2.05, 4.69) is 10.2 Å². The maximum absolute atomic E-state index is 12.7. The van der Waals surface area contributed by atoms with Crippen LogP contribution in [0.3, 0.4) is 0 Å². The highest BCUT2D eigenvalue weighted by Crippen LogP contribution is 2.32. The molecule has 5 heteroatoms. The van der Waals surface area contributed by atoms with Gasteiger partial charge in [-0.1, -0.05) is 12.1 Å². The van der Waals surface area contributed by atoms with Crippen molar-refractivity contribution >= 4 is 0 Å². The normalized spacial score (nSPS) is 18.4. The summed E-state index contributed by atoms with van der Waals surface area (Å²) in [5, 5.41) is 3.05. The topological polar surface area (TPSA) is 15.3 Å². The van der Waals surface area contributed by atoms with Gasteiger partial charge in [-0.25, -0.2) is 0 Å². The van der Waals surface area contributed by atoms with Crippen molar-refractivity contribution in [3.8, 4) is 0 Å². The van der Waals surface area contributed by atoms with Gasteiger partial charge < -0.3 is 5.32 Å². The summed E-state index contributed by atoms with van der Waals surface area (Å²) in [7, 11) is 1.82. The molecule has 2 rings (SSSR count). The minimum Gasteiger partial charge on any atom is -0.318 e. The number of alkyl halides is 3. The van der Waals surface area contributed by atoms with Crippen molar-refractivity contribution in [2.24, 2.45) is 0 Å². The summed E-state index contributed by atoms with van der Waals surface area (Å²) in [5.74, 6) is 0. The van der Waals surface area contributed by atoms with E-state index >= 15 is 0 Å². The Labute approximate surface area is 105 Å². The van der Waals surface area contributed by atoms with Crippen LogP contribution < -0.4 is 5.32 Å². The Morgan fingerprint density at radius 1 is 1.33 bits per heavy atom. The summed E-state index contributed by atoms with van der Waals surface area (Å²) < 4.78 is 38.1. The third-order valence-corrected chi connectivity index (χ3v) is 3.33. The van der Waals surface area contributed by atoms with Crippen LogP contribution in [0.25, 0.3) is 0 Å². The van der Waals surface area contributed by atoms with Gasteiger partial charge in [0.15, 0.2) is 0 Å². The average molecular weight is 258 g/mol. The standard InChI is InChI=1S/C13H17F3N2/c1-17-9-12(18-6-3-7-18)10-4-2-5-11(8-10)13(14,15)16/h2,4-5,8,12,17H,3,6-7,9H2,1H3. The van der Waals surface area contributed by atoms with E-state index in [4.69, 9.17) is 0 Å². The minimum absolute atomic E-state index is 0.0334. The first-order valence-corrected chi connectivity index (χ1v) is 6.08. The molecule has 0 amide bonds. The maximum atomic E-state index is 12.7. The van der Waals surface area contributed by atoms with Crippen molar-refractivity contribution in [3.63, 3.8) is 0 Å². The molecule has 1 heterocycles. The molecule has 2 nitrogen and oxygen atoms in total. The van der Waals surface area contributed by atoms with E-state index in [0.717, 1.165) is 31.1 Å². The van der Waals surface area contributed by atoms with Gasteiger partial charge in [0, 0.05) is 25.7 Å². The molecule has 1 saturated heterocycles. The lowest BCUT2D eigenvalue weighted by Gasteiger charge is -2.38. The second-order valence-corrected chi connectivity index (χ2v) is 4.59. The minimum atomic E-state index is -4.27. The third kappa shape index (κ3) is 2.84. The van der Waals surface area contributed by atoms with E-state index in [9.17, 15) is 13.2 Å². The first-order chi connectivity index (χ1) is 8.52. The number of hydrogen-bond donors (Lipinski definition) is 1. The molecule has 0 aromatic heterocycles. The fraction of sp³-hybridized carbons (Fsp3) is 0.538. The highest BCUT2D eigenvalue weighted by molar-refractivity contribution is 5.28. The summed E-state index contributed by atoms with van der Waals surface area (Å²) in [5.41, 5.74) is 0.167. The Hall–Kier alpha value is -1.07. The average Bonchev–Trinajstić information content (AvgIpc) is 2.25. The van der Waals surface area contributed by atoms with Gasteiger partial charge in [-0.15, -0.1) is 0 Å². The second kappa shape index (κ2) is 5.28. The first-order valence-electron chi connectivity index (χ1n) is 6.08. The molecule has 100 valence electrons. The molecule has 1 fully saturated rings. The quantitative estimate of drug-likeness (QED) is 0.893. The number of hydrogen-bond acceptors (Lipinski definition) is 2. The largest absolute Gasteiger partial charge is 0.416 e. The molecule has 1 N–H and O–H groups in total. The molecule has 1 aromatic rings. The number of nitrogens with one attached hydrogen (secondary N) is 1.